The van der Waals surface area contributed by atoms with Gasteiger partial charge in [-0.15, -0.1) is 11.3 Å². The molecular weight excluding hydrogens is 410 g/mol. The van der Waals surface area contributed by atoms with Crippen LogP contribution >= 0.6 is 23.1 Å². The average Bonchev–Trinajstić information content (AvgIpc) is 3.21. The zero-order chi connectivity index (χ0) is 20.6. The molecule has 0 unspecified atom stereocenters. The number of aromatic nitrogens is 2. The molecule has 0 radical (unpaired) electrons. The maximum absolute atomic E-state index is 13.0. The van der Waals surface area contributed by atoms with E-state index in [0.717, 1.165) is 17.7 Å². The highest BCUT2D eigenvalue weighted by Gasteiger charge is 2.14. The summed E-state index contributed by atoms with van der Waals surface area (Å²) in [6.07, 6.45) is 0.758. The first-order valence-corrected chi connectivity index (χ1v) is 11.0. The van der Waals surface area contributed by atoms with Crippen molar-refractivity contribution >= 4 is 39.2 Å². The number of thiophene rings is 1. The van der Waals surface area contributed by atoms with Gasteiger partial charge in [-0.1, -0.05) is 23.9 Å². The summed E-state index contributed by atoms with van der Waals surface area (Å²) in [5, 5.41) is 5.24. The van der Waals surface area contributed by atoms with Gasteiger partial charge in [0.15, 0.2) is 5.16 Å². The normalized spacial score (nSPS) is 11.0. The average molecular weight is 434 g/mol. The maximum atomic E-state index is 13.0. The summed E-state index contributed by atoms with van der Waals surface area (Å²) in [6.45, 7) is 1.54. The number of fused-ring (bicyclic) bond motifs is 1. The Morgan fingerprint density at radius 2 is 2.03 bits per heavy atom. The second-order valence-corrected chi connectivity index (χ2v) is 8.11. The number of amides is 1. The molecule has 1 amide bonds. The van der Waals surface area contributed by atoms with E-state index in [2.05, 4.69) is 10.3 Å². The van der Waals surface area contributed by atoms with Gasteiger partial charge in [0.2, 0.25) is 5.91 Å². The van der Waals surface area contributed by atoms with Crippen LogP contribution in [0.4, 0.5) is 0 Å². The molecule has 154 valence electrons. The number of rotatable bonds is 10. The van der Waals surface area contributed by atoms with Crippen molar-refractivity contribution in [1.29, 1.82) is 0 Å². The molecule has 0 bridgehead atoms. The highest BCUT2D eigenvalue weighted by molar-refractivity contribution is 7.99. The predicted octanol–water partition coefficient (Wildman–Crippen LogP) is 2.76. The molecule has 3 aromatic rings. The Bertz CT molecular complexity index is 1010. The van der Waals surface area contributed by atoms with Crippen molar-refractivity contribution in [2.24, 2.45) is 0 Å². The number of benzene rings is 1. The molecule has 3 rings (SSSR count). The van der Waals surface area contributed by atoms with Gasteiger partial charge in [0.25, 0.3) is 5.56 Å². The van der Waals surface area contributed by atoms with Gasteiger partial charge in [0.05, 0.1) is 24.9 Å². The van der Waals surface area contributed by atoms with Crippen molar-refractivity contribution in [3.8, 4) is 5.75 Å². The van der Waals surface area contributed by atoms with E-state index in [1.807, 2.05) is 35.7 Å². The summed E-state index contributed by atoms with van der Waals surface area (Å²) < 4.78 is 12.4. The number of nitrogens with one attached hydrogen (secondary N) is 1. The Morgan fingerprint density at radius 3 is 2.76 bits per heavy atom. The molecule has 0 atom stereocenters. The van der Waals surface area contributed by atoms with Crippen LogP contribution in [0.3, 0.4) is 0 Å². The monoisotopic (exact) mass is 433 g/mol. The lowest BCUT2D eigenvalue weighted by molar-refractivity contribution is -0.118. The van der Waals surface area contributed by atoms with Crippen molar-refractivity contribution in [2.45, 2.75) is 18.1 Å². The van der Waals surface area contributed by atoms with E-state index in [9.17, 15) is 9.59 Å². The van der Waals surface area contributed by atoms with E-state index in [0.29, 0.717) is 35.1 Å². The number of carbonyl (C=O) groups is 1. The molecule has 0 aliphatic rings. The Hall–Kier alpha value is -2.36. The van der Waals surface area contributed by atoms with Gasteiger partial charge >= 0.3 is 0 Å². The number of hydrogen-bond acceptors (Lipinski definition) is 7. The molecule has 0 fully saturated rings. The van der Waals surface area contributed by atoms with Gasteiger partial charge in [-0.05, 0) is 35.6 Å². The summed E-state index contributed by atoms with van der Waals surface area (Å²) in [5.41, 5.74) is 1.52. The Kier molecular flexibility index (Phi) is 7.68. The largest absolute Gasteiger partial charge is 0.497 e. The SMILES string of the molecule is COCCCNC(=O)CSc1nc2ccsc2c(=O)n1Cc1ccc(OC)cc1. The molecule has 0 saturated carbocycles. The molecule has 1 N–H and O–H groups in total. The fraction of sp³-hybridized carbons (Fsp3) is 0.350. The molecule has 0 aliphatic carbocycles. The van der Waals surface area contributed by atoms with E-state index in [4.69, 9.17) is 9.47 Å². The summed E-state index contributed by atoms with van der Waals surface area (Å²) in [4.78, 5) is 29.7. The second-order valence-electron chi connectivity index (χ2n) is 6.25. The molecule has 1 aromatic carbocycles. The third kappa shape index (κ3) is 5.59. The molecule has 0 saturated heterocycles. The van der Waals surface area contributed by atoms with E-state index in [-0.39, 0.29) is 17.2 Å². The maximum Gasteiger partial charge on any atom is 0.272 e. The lowest BCUT2D eigenvalue weighted by Gasteiger charge is -2.12. The third-order valence-corrected chi connectivity index (χ3v) is 6.08. The van der Waals surface area contributed by atoms with Crippen LogP contribution in [0.5, 0.6) is 5.75 Å². The highest BCUT2D eigenvalue weighted by atomic mass is 32.2. The predicted molar refractivity (Wildman–Crippen MR) is 116 cm³/mol. The first kappa shape index (κ1) is 21.4. The minimum Gasteiger partial charge on any atom is -0.497 e. The van der Waals surface area contributed by atoms with Crippen molar-refractivity contribution in [3.05, 3.63) is 51.6 Å². The van der Waals surface area contributed by atoms with Crippen LogP contribution in [0.2, 0.25) is 0 Å². The van der Waals surface area contributed by atoms with Gasteiger partial charge in [0, 0.05) is 20.3 Å². The molecule has 0 spiro atoms. The number of ether oxygens (including phenoxy) is 2. The smallest absolute Gasteiger partial charge is 0.272 e. The molecule has 9 heteroatoms. The van der Waals surface area contributed by atoms with Crippen LogP contribution in [0.25, 0.3) is 10.2 Å². The Labute approximate surface area is 177 Å². The van der Waals surface area contributed by atoms with Crippen LogP contribution in [0, 0.1) is 0 Å². The molecule has 7 nitrogen and oxygen atoms in total. The third-order valence-electron chi connectivity index (χ3n) is 4.21. The van der Waals surface area contributed by atoms with Crippen molar-refractivity contribution in [1.82, 2.24) is 14.9 Å². The van der Waals surface area contributed by atoms with Crippen molar-refractivity contribution in [2.75, 3.05) is 33.1 Å². The van der Waals surface area contributed by atoms with Gasteiger partial charge < -0.3 is 14.8 Å². The first-order chi connectivity index (χ1) is 14.1. The summed E-state index contributed by atoms with van der Waals surface area (Å²) in [6, 6.07) is 9.38. The first-order valence-electron chi connectivity index (χ1n) is 9.11. The van der Waals surface area contributed by atoms with E-state index in [1.54, 1.807) is 18.8 Å². The second kappa shape index (κ2) is 10.4. The number of methoxy groups -OCH3 is 2. The fourth-order valence-corrected chi connectivity index (χ4v) is 4.32. The van der Waals surface area contributed by atoms with Crippen LogP contribution in [-0.4, -0.2) is 48.6 Å². The van der Waals surface area contributed by atoms with Crippen molar-refractivity contribution < 1.29 is 14.3 Å². The van der Waals surface area contributed by atoms with Crippen LogP contribution < -0.4 is 15.6 Å². The zero-order valence-electron chi connectivity index (χ0n) is 16.3. The zero-order valence-corrected chi connectivity index (χ0v) is 18.0. The molecule has 0 aliphatic heterocycles. The van der Waals surface area contributed by atoms with Gasteiger partial charge in [-0.25, -0.2) is 4.98 Å². The van der Waals surface area contributed by atoms with E-state index < -0.39 is 0 Å². The summed E-state index contributed by atoms with van der Waals surface area (Å²) in [5.74, 6) is 0.854. The van der Waals surface area contributed by atoms with Crippen molar-refractivity contribution in [3.63, 3.8) is 0 Å². The Balaban J connectivity index is 1.78. The molecule has 29 heavy (non-hydrogen) atoms. The standard InChI is InChI=1S/C20H23N3O4S2/c1-26-10-3-9-21-17(24)13-29-20-22-16-8-11-28-18(16)19(25)23(20)12-14-4-6-15(27-2)7-5-14/h4-8,11H,3,9-10,12-13H2,1-2H3,(H,21,24). The number of thioether (sulfide) groups is 1. The summed E-state index contributed by atoms with van der Waals surface area (Å²) in [7, 11) is 3.25. The molecule has 2 heterocycles. The fourth-order valence-electron chi connectivity index (χ4n) is 2.71. The minimum absolute atomic E-state index is 0.0937. The number of nitrogens with zero attached hydrogens (tertiary/aromatic N) is 2. The number of carbonyl (C=O) groups excluding carboxylic acids is 1. The van der Waals surface area contributed by atoms with E-state index >= 15 is 0 Å². The van der Waals surface area contributed by atoms with Crippen LogP contribution in [0.15, 0.2) is 45.7 Å². The molecule has 2 aromatic heterocycles. The van der Waals surface area contributed by atoms with E-state index in [1.165, 1.54) is 23.1 Å². The van der Waals surface area contributed by atoms with Gasteiger partial charge in [-0.2, -0.15) is 0 Å². The highest BCUT2D eigenvalue weighted by Crippen LogP contribution is 2.22. The minimum atomic E-state index is -0.0956. The Morgan fingerprint density at radius 1 is 1.24 bits per heavy atom. The van der Waals surface area contributed by atoms with Crippen LogP contribution in [0.1, 0.15) is 12.0 Å². The number of hydrogen-bond donors (Lipinski definition) is 1. The van der Waals surface area contributed by atoms with Gasteiger partial charge in [0.1, 0.15) is 10.4 Å². The quantitative estimate of drug-likeness (QED) is 0.301. The molecular formula is C20H23N3O4S2. The topological polar surface area (TPSA) is 82.5 Å². The summed E-state index contributed by atoms with van der Waals surface area (Å²) >= 11 is 2.64. The lowest BCUT2D eigenvalue weighted by atomic mass is 10.2. The lowest BCUT2D eigenvalue weighted by Crippen LogP contribution is -2.28. The van der Waals surface area contributed by atoms with Crippen LogP contribution in [-0.2, 0) is 16.1 Å². The van der Waals surface area contributed by atoms with Gasteiger partial charge in [-0.3, -0.25) is 14.2 Å².